The number of ether oxygens (including phenoxy) is 1. The van der Waals surface area contributed by atoms with Gasteiger partial charge in [-0.1, -0.05) is 11.6 Å². The van der Waals surface area contributed by atoms with Gasteiger partial charge in [0.15, 0.2) is 17.5 Å². The molecular weight excluding hydrogens is 559 g/mol. The highest BCUT2D eigenvalue weighted by atomic mass is 35.5. The van der Waals surface area contributed by atoms with E-state index in [0.29, 0.717) is 17.8 Å². The van der Waals surface area contributed by atoms with Gasteiger partial charge in [0, 0.05) is 54.1 Å². The topological polar surface area (TPSA) is 101 Å². The van der Waals surface area contributed by atoms with Crippen LogP contribution in [0.3, 0.4) is 0 Å². The van der Waals surface area contributed by atoms with E-state index in [1.165, 1.54) is 28.0 Å². The lowest BCUT2D eigenvalue weighted by Crippen LogP contribution is -2.43. The number of halogens is 2. The Kier molecular flexibility index (Phi) is 7.83. The van der Waals surface area contributed by atoms with E-state index in [9.17, 15) is 14.4 Å². The fourth-order valence-electron chi connectivity index (χ4n) is 5.08. The summed E-state index contributed by atoms with van der Waals surface area (Å²) in [4.78, 5) is 52.3. The molecule has 0 aromatic carbocycles. The van der Waals surface area contributed by atoms with Crippen LogP contribution < -0.4 is 4.74 Å². The van der Waals surface area contributed by atoms with Gasteiger partial charge in [0.05, 0.1) is 21.1 Å². The van der Waals surface area contributed by atoms with E-state index in [2.05, 4.69) is 9.55 Å². The van der Waals surface area contributed by atoms with Crippen LogP contribution in [-0.4, -0.2) is 88.3 Å². The number of carbonyl (C=O) groups excluding carboxylic acids is 3. The molecule has 1 atom stereocenters. The van der Waals surface area contributed by atoms with Gasteiger partial charge in [-0.3, -0.25) is 14.4 Å². The van der Waals surface area contributed by atoms with E-state index in [4.69, 9.17) is 21.3 Å². The largest absolute Gasteiger partial charge is 0.481 e. The van der Waals surface area contributed by atoms with E-state index in [0.717, 1.165) is 54.4 Å². The van der Waals surface area contributed by atoms with Gasteiger partial charge in [-0.05, 0) is 31.0 Å². The summed E-state index contributed by atoms with van der Waals surface area (Å²) in [7, 11) is 6.44. The highest BCUT2D eigenvalue weighted by molar-refractivity contribution is 7.14. The van der Waals surface area contributed by atoms with Crippen LogP contribution in [0, 0.1) is 5.82 Å². The summed E-state index contributed by atoms with van der Waals surface area (Å²) >= 11 is 7.31. The number of pyridine rings is 1. The van der Waals surface area contributed by atoms with Crippen molar-refractivity contribution in [3.05, 3.63) is 61.8 Å². The minimum absolute atomic E-state index is 0.0426. The number of rotatable bonds is 6. The van der Waals surface area contributed by atoms with Crippen LogP contribution in [-0.2, 0) is 24.2 Å². The normalized spacial score (nSPS) is 16.2. The first kappa shape index (κ1) is 28.0. The quantitative estimate of drug-likeness (QED) is 0.409. The third-order valence-electron chi connectivity index (χ3n) is 7.04. The maximum atomic E-state index is 15.5. The Morgan fingerprint density at radius 2 is 1.82 bits per heavy atom. The number of hydrogen-bond donors (Lipinski definition) is 0. The van der Waals surface area contributed by atoms with Crippen molar-refractivity contribution in [2.75, 3.05) is 41.3 Å². The van der Waals surface area contributed by atoms with E-state index >= 15 is 4.39 Å². The molecule has 3 amide bonds. The summed E-state index contributed by atoms with van der Waals surface area (Å²) < 4.78 is 23.4. The fourth-order valence-corrected chi connectivity index (χ4v) is 6.47. The van der Waals surface area contributed by atoms with Crippen LogP contribution in [0.5, 0.6) is 5.75 Å². The number of imidazole rings is 1. The van der Waals surface area contributed by atoms with Crippen LogP contribution >= 0.6 is 22.9 Å². The Labute approximate surface area is 240 Å². The van der Waals surface area contributed by atoms with Gasteiger partial charge in [0.25, 0.3) is 17.7 Å². The molecule has 2 aliphatic rings. The zero-order chi connectivity index (χ0) is 28.7. The van der Waals surface area contributed by atoms with Gasteiger partial charge in [-0.2, -0.15) is 0 Å². The van der Waals surface area contributed by atoms with Crippen LogP contribution in [0.2, 0.25) is 5.15 Å². The average molecular weight is 589 g/mol. The third-order valence-corrected chi connectivity index (χ3v) is 8.47. The summed E-state index contributed by atoms with van der Waals surface area (Å²) in [6, 6.07) is 3.47. The highest BCUT2D eigenvalue weighted by Gasteiger charge is 2.40. The van der Waals surface area contributed by atoms with Crippen LogP contribution in [0.25, 0.3) is 0 Å². The minimum atomic E-state index is -0.749. The van der Waals surface area contributed by atoms with Gasteiger partial charge in [0.1, 0.15) is 23.4 Å². The first-order valence-electron chi connectivity index (χ1n) is 13.0. The predicted molar refractivity (Wildman–Crippen MR) is 147 cm³/mol. The molecule has 2 aliphatic heterocycles. The lowest BCUT2D eigenvalue weighted by molar-refractivity contribution is -0.135. The summed E-state index contributed by atoms with van der Waals surface area (Å²) in [5.41, 5.74) is 1.80. The van der Waals surface area contributed by atoms with E-state index in [1.807, 2.05) is 0 Å². The second kappa shape index (κ2) is 11.2. The number of nitrogens with zero attached hydrogens (tertiary/aromatic N) is 6. The van der Waals surface area contributed by atoms with Crippen LogP contribution in [0.15, 0.2) is 18.2 Å². The summed E-state index contributed by atoms with van der Waals surface area (Å²) in [5, 5.41) is -0.0426. The molecule has 5 rings (SSSR count). The average Bonchev–Trinajstić information content (AvgIpc) is 3.50. The smallest absolute Gasteiger partial charge is 0.271 e. The van der Waals surface area contributed by atoms with E-state index in [1.54, 1.807) is 33.1 Å². The Bertz CT molecular complexity index is 1490. The number of carbonyl (C=O) groups is 3. The Morgan fingerprint density at radius 1 is 1.07 bits per heavy atom. The predicted octanol–water partition coefficient (Wildman–Crippen LogP) is 3.43. The molecule has 1 unspecified atom stereocenters. The number of hydrogen-bond acceptors (Lipinski definition) is 7. The lowest BCUT2D eigenvalue weighted by Gasteiger charge is -2.36. The van der Waals surface area contributed by atoms with Gasteiger partial charge >= 0.3 is 0 Å². The Morgan fingerprint density at radius 3 is 2.52 bits per heavy atom. The molecule has 3 aromatic heterocycles. The standard InChI is InChI=1S/C27H30ClFN6O4S/c1-32(2)26(37)17-8-9-18(25(28)31-17)39-14-21(36)35-12-10-16-22(34-11-6-5-7-20(34)30-16)23(35)24-15(29)13-19(40-24)27(38)33(3)4/h8-9,13,23H,5-7,10-12,14H2,1-4H3. The molecule has 10 nitrogen and oxygen atoms in total. The number of aromatic nitrogens is 3. The van der Waals surface area contributed by atoms with E-state index in [-0.39, 0.29) is 45.8 Å². The maximum Gasteiger partial charge on any atom is 0.271 e. The second-order valence-electron chi connectivity index (χ2n) is 10.2. The zero-order valence-electron chi connectivity index (χ0n) is 22.7. The summed E-state index contributed by atoms with van der Waals surface area (Å²) in [6.07, 6.45) is 3.35. The second-order valence-corrected chi connectivity index (χ2v) is 11.6. The van der Waals surface area contributed by atoms with Crippen LogP contribution in [0.1, 0.15) is 61.1 Å². The van der Waals surface area contributed by atoms with Gasteiger partial charge in [-0.15, -0.1) is 11.3 Å². The molecule has 3 aromatic rings. The Balaban J connectivity index is 1.46. The summed E-state index contributed by atoms with van der Waals surface area (Å²) in [6.45, 7) is 0.682. The third kappa shape index (κ3) is 5.17. The molecule has 40 heavy (non-hydrogen) atoms. The molecule has 5 heterocycles. The molecule has 0 aliphatic carbocycles. The van der Waals surface area contributed by atoms with Crippen molar-refractivity contribution in [3.63, 3.8) is 0 Å². The van der Waals surface area contributed by atoms with Gasteiger partial charge in [-0.25, -0.2) is 14.4 Å². The molecule has 0 radical (unpaired) electrons. The number of aryl methyl sites for hydroxylation is 1. The van der Waals surface area contributed by atoms with Gasteiger partial charge in [0.2, 0.25) is 0 Å². The molecule has 0 saturated carbocycles. The molecule has 0 N–H and O–H groups in total. The van der Waals surface area contributed by atoms with Gasteiger partial charge < -0.3 is 24.0 Å². The lowest BCUT2D eigenvalue weighted by atomic mass is 10.00. The first-order valence-corrected chi connectivity index (χ1v) is 14.2. The van der Waals surface area contributed by atoms with Crippen molar-refractivity contribution < 1.29 is 23.5 Å². The molecule has 0 bridgehead atoms. The molecule has 13 heteroatoms. The minimum Gasteiger partial charge on any atom is -0.481 e. The highest BCUT2D eigenvalue weighted by Crippen LogP contribution is 2.41. The first-order chi connectivity index (χ1) is 19.1. The fraction of sp³-hybridized carbons (Fsp3) is 0.444. The van der Waals surface area contributed by atoms with Crippen molar-refractivity contribution in [1.82, 2.24) is 29.2 Å². The SMILES string of the molecule is CN(C)C(=O)c1ccc(OCC(=O)N2CCc3nc4n(c3C2c2sc(C(=O)N(C)C)cc2F)CCCC4)c(Cl)n1. The molecule has 0 spiro atoms. The van der Waals surface area contributed by atoms with Crippen LogP contribution in [0.4, 0.5) is 4.39 Å². The van der Waals surface area contributed by atoms with Crippen molar-refractivity contribution in [2.24, 2.45) is 0 Å². The van der Waals surface area contributed by atoms with Crippen molar-refractivity contribution in [3.8, 4) is 5.75 Å². The van der Waals surface area contributed by atoms with Crippen molar-refractivity contribution >= 4 is 40.7 Å². The van der Waals surface area contributed by atoms with Crippen molar-refractivity contribution in [1.29, 1.82) is 0 Å². The summed E-state index contributed by atoms with van der Waals surface area (Å²) in [5.74, 6) is -0.431. The molecule has 0 fully saturated rings. The number of thiophene rings is 1. The molecule has 212 valence electrons. The van der Waals surface area contributed by atoms with E-state index < -0.39 is 11.9 Å². The van der Waals surface area contributed by atoms with Crippen molar-refractivity contribution in [2.45, 2.75) is 38.3 Å². The zero-order valence-corrected chi connectivity index (χ0v) is 24.3. The number of fused-ring (bicyclic) bond motifs is 3. The molecule has 0 saturated heterocycles. The molecular formula is C27H30ClFN6O4S. The number of amides is 3. The monoisotopic (exact) mass is 588 g/mol. The Hall–Kier alpha value is -3.51. The maximum absolute atomic E-state index is 15.5.